The van der Waals surface area contributed by atoms with Crippen molar-refractivity contribution in [2.75, 3.05) is 32.0 Å². The Morgan fingerprint density at radius 2 is 2.03 bits per heavy atom. The third-order valence-corrected chi connectivity index (χ3v) is 6.48. The van der Waals surface area contributed by atoms with E-state index in [1.165, 1.54) is 0 Å². The number of benzene rings is 1. The summed E-state index contributed by atoms with van der Waals surface area (Å²) >= 11 is 0. The predicted octanol–water partition coefficient (Wildman–Crippen LogP) is 2.90. The molecule has 174 valence electrons. The van der Waals surface area contributed by atoms with Crippen molar-refractivity contribution in [1.29, 1.82) is 0 Å². The highest BCUT2D eigenvalue weighted by Crippen LogP contribution is 2.25. The highest BCUT2D eigenvalue weighted by molar-refractivity contribution is 14.0. The molecule has 2 aromatic rings. The van der Waals surface area contributed by atoms with Gasteiger partial charge in [-0.1, -0.05) is 18.2 Å². The maximum atomic E-state index is 12.3. The molecule has 1 aromatic heterocycles. The zero-order valence-corrected chi connectivity index (χ0v) is 21.3. The number of ether oxygens (including phenoxy) is 1. The second-order valence-corrected chi connectivity index (χ2v) is 9.35. The number of para-hydroxylation sites is 1. The molecule has 1 unspecified atom stereocenters. The molecule has 0 saturated carbocycles. The van der Waals surface area contributed by atoms with Crippen molar-refractivity contribution < 1.29 is 17.6 Å². The largest absolute Gasteiger partial charge is 0.459 e. The highest BCUT2D eigenvalue weighted by Gasteiger charge is 2.17. The Kier molecular flexibility index (Phi) is 10.5. The van der Waals surface area contributed by atoms with Crippen molar-refractivity contribution in [1.82, 2.24) is 15.4 Å². The van der Waals surface area contributed by atoms with Gasteiger partial charge in [0.1, 0.15) is 17.9 Å². The Balaban J connectivity index is 0.00000341. The van der Waals surface area contributed by atoms with Crippen LogP contribution in [0.5, 0.6) is 0 Å². The van der Waals surface area contributed by atoms with Crippen molar-refractivity contribution in [2.24, 2.45) is 4.99 Å². The standard InChI is InChI=1S/C21H32N4O4S.HI/c1-3-22-21(24-15-20-16(2)18-9-4-5-10-19(18)29-20)23-11-13-30(26,27)25-14-17-8-6-7-12-28-17;/h4-5,9-10,17,25H,3,6-8,11-15H2,1-2H3,(H2,22,23,24);1H. The molecule has 0 amide bonds. The molecular formula is C21H33IN4O4S. The van der Waals surface area contributed by atoms with Gasteiger partial charge in [-0.05, 0) is 39.2 Å². The first kappa shape index (κ1) is 25.9. The van der Waals surface area contributed by atoms with Crippen molar-refractivity contribution in [3.05, 3.63) is 35.6 Å². The van der Waals surface area contributed by atoms with Gasteiger partial charge in [0.15, 0.2) is 5.96 Å². The van der Waals surface area contributed by atoms with Gasteiger partial charge in [-0.15, -0.1) is 24.0 Å². The van der Waals surface area contributed by atoms with Gasteiger partial charge in [-0.2, -0.15) is 0 Å². The SMILES string of the molecule is CCNC(=NCc1oc2ccccc2c1C)NCCS(=O)(=O)NCC1CCCCO1.I. The average Bonchev–Trinajstić information content (AvgIpc) is 3.07. The molecule has 0 bridgehead atoms. The topological polar surface area (TPSA) is 105 Å². The molecule has 0 radical (unpaired) electrons. The van der Waals surface area contributed by atoms with Crippen LogP contribution in [0.1, 0.15) is 37.5 Å². The van der Waals surface area contributed by atoms with Crippen LogP contribution in [-0.2, 0) is 21.3 Å². The van der Waals surface area contributed by atoms with Crippen molar-refractivity contribution in [3.63, 3.8) is 0 Å². The Hall–Kier alpha value is -1.37. The van der Waals surface area contributed by atoms with Crippen molar-refractivity contribution >= 4 is 50.9 Å². The van der Waals surface area contributed by atoms with Gasteiger partial charge in [-0.25, -0.2) is 18.1 Å². The summed E-state index contributed by atoms with van der Waals surface area (Å²) in [6.45, 7) is 6.33. The third-order valence-electron chi connectivity index (χ3n) is 5.14. The summed E-state index contributed by atoms with van der Waals surface area (Å²) in [4.78, 5) is 4.54. The van der Waals surface area contributed by atoms with E-state index in [1.807, 2.05) is 38.1 Å². The number of hydrogen-bond donors (Lipinski definition) is 3. The van der Waals surface area contributed by atoms with E-state index >= 15 is 0 Å². The number of halogens is 1. The second kappa shape index (κ2) is 12.6. The lowest BCUT2D eigenvalue weighted by Gasteiger charge is -2.22. The zero-order chi connectivity index (χ0) is 21.4. The number of furan rings is 1. The third kappa shape index (κ3) is 7.92. The van der Waals surface area contributed by atoms with Crippen LogP contribution < -0.4 is 15.4 Å². The number of hydrogen-bond acceptors (Lipinski definition) is 5. The van der Waals surface area contributed by atoms with Gasteiger partial charge >= 0.3 is 0 Å². The van der Waals surface area contributed by atoms with Crippen molar-refractivity contribution in [3.8, 4) is 0 Å². The van der Waals surface area contributed by atoms with Crippen LogP contribution in [-0.4, -0.2) is 52.5 Å². The summed E-state index contributed by atoms with van der Waals surface area (Å²) in [5.74, 6) is 1.33. The van der Waals surface area contributed by atoms with Crippen LogP contribution in [0.2, 0.25) is 0 Å². The maximum Gasteiger partial charge on any atom is 0.213 e. The van der Waals surface area contributed by atoms with Gasteiger partial charge in [0.25, 0.3) is 0 Å². The van der Waals surface area contributed by atoms with Gasteiger partial charge in [0.05, 0.1) is 11.9 Å². The van der Waals surface area contributed by atoms with Crippen LogP contribution in [0.25, 0.3) is 11.0 Å². The molecule has 3 rings (SSSR count). The number of nitrogens with one attached hydrogen (secondary N) is 3. The average molecular weight is 564 g/mol. The van der Waals surface area contributed by atoms with Gasteiger partial charge in [0.2, 0.25) is 10.0 Å². The fourth-order valence-corrected chi connectivity index (χ4v) is 4.39. The summed E-state index contributed by atoms with van der Waals surface area (Å²) in [6, 6.07) is 7.90. The van der Waals surface area contributed by atoms with Gasteiger partial charge < -0.3 is 19.8 Å². The Bertz CT molecular complexity index is 955. The van der Waals surface area contributed by atoms with Crippen molar-refractivity contribution in [2.45, 2.75) is 45.8 Å². The number of aryl methyl sites for hydroxylation is 1. The summed E-state index contributed by atoms with van der Waals surface area (Å²) in [5.41, 5.74) is 1.92. The maximum absolute atomic E-state index is 12.3. The molecule has 1 fully saturated rings. The minimum absolute atomic E-state index is 0. The summed E-state index contributed by atoms with van der Waals surface area (Å²) in [7, 11) is -3.38. The molecule has 0 aliphatic carbocycles. The van der Waals surface area contributed by atoms with E-state index in [4.69, 9.17) is 9.15 Å². The summed E-state index contributed by atoms with van der Waals surface area (Å²) in [5, 5.41) is 7.31. The molecule has 2 heterocycles. The smallest absolute Gasteiger partial charge is 0.213 e. The van der Waals surface area contributed by atoms with Crippen LogP contribution in [0.4, 0.5) is 0 Å². The van der Waals surface area contributed by atoms with E-state index in [9.17, 15) is 8.42 Å². The molecule has 31 heavy (non-hydrogen) atoms. The Labute approximate surface area is 201 Å². The van der Waals surface area contributed by atoms with Gasteiger partial charge in [0, 0.05) is 37.2 Å². The molecule has 0 spiro atoms. The predicted molar refractivity (Wildman–Crippen MR) is 135 cm³/mol. The van der Waals surface area contributed by atoms with Crippen LogP contribution in [0, 0.1) is 6.92 Å². The lowest BCUT2D eigenvalue weighted by molar-refractivity contribution is 0.0200. The van der Waals surface area contributed by atoms with E-state index < -0.39 is 10.0 Å². The van der Waals surface area contributed by atoms with E-state index in [2.05, 4.69) is 20.3 Å². The highest BCUT2D eigenvalue weighted by atomic mass is 127. The number of fused-ring (bicyclic) bond motifs is 1. The molecule has 10 heteroatoms. The quantitative estimate of drug-likeness (QED) is 0.246. The van der Waals surface area contributed by atoms with Crippen LogP contribution in [0.15, 0.2) is 33.7 Å². The molecule has 1 aliphatic heterocycles. The number of sulfonamides is 1. The fourth-order valence-electron chi connectivity index (χ4n) is 3.43. The van der Waals surface area contributed by atoms with E-state index in [-0.39, 0.29) is 42.4 Å². The molecule has 8 nitrogen and oxygen atoms in total. The van der Waals surface area contributed by atoms with Gasteiger partial charge in [-0.3, -0.25) is 0 Å². The summed E-state index contributed by atoms with van der Waals surface area (Å²) < 4.78 is 38.6. The Morgan fingerprint density at radius 3 is 2.74 bits per heavy atom. The second-order valence-electron chi connectivity index (χ2n) is 7.42. The normalized spacial score (nSPS) is 17.4. The molecule has 1 aromatic carbocycles. The fraction of sp³-hybridized carbons (Fsp3) is 0.571. The lowest BCUT2D eigenvalue weighted by Crippen LogP contribution is -2.42. The number of guanidine groups is 1. The molecule has 1 saturated heterocycles. The lowest BCUT2D eigenvalue weighted by atomic mass is 10.1. The first-order chi connectivity index (χ1) is 14.5. The molecule has 1 atom stereocenters. The number of aliphatic imine (C=N–C) groups is 1. The molecular weight excluding hydrogens is 531 g/mol. The molecule has 3 N–H and O–H groups in total. The van der Waals surface area contributed by atoms with E-state index in [1.54, 1.807) is 0 Å². The summed E-state index contributed by atoms with van der Waals surface area (Å²) in [6.07, 6.45) is 3.01. The Morgan fingerprint density at radius 1 is 1.23 bits per heavy atom. The van der Waals surface area contributed by atoms with E-state index in [0.29, 0.717) is 32.2 Å². The monoisotopic (exact) mass is 564 g/mol. The zero-order valence-electron chi connectivity index (χ0n) is 18.1. The number of rotatable bonds is 9. The first-order valence-electron chi connectivity index (χ1n) is 10.6. The van der Waals surface area contributed by atoms with Crippen LogP contribution in [0.3, 0.4) is 0 Å². The minimum Gasteiger partial charge on any atom is -0.459 e. The van der Waals surface area contributed by atoms with Crippen LogP contribution >= 0.6 is 24.0 Å². The minimum atomic E-state index is -3.38. The number of nitrogens with zero attached hydrogens (tertiary/aromatic N) is 1. The first-order valence-corrected chi connectivity index (χ1v) is 12.2. The van der Waals surface area contributed by atoms with E-state index in [0.717, 1.165) is 41.6 Å². The molecule has 1 aliphatic rings.